The molecule has 1 aromatic rings. The summed E-state index contributed by atoms with van der Waals surface area (Å²) < 4.78 is 24.1. The molecule has 7 heteroatoms. The number of sulfonamides is 1. The van der Waals surface area contributed by atoms with Crippen LogP contribution in [0.25, 0.3) is 0 Å². The van der Waals surface area contributed by atoms with Gasteiger partial charge in [-0.25, -0.2) is 17.7 Å². The van der Waals surface area contributed by atoms with Crippen molar-refractivity contribution in [1.29, 1.82) is 0 Å². The van der Waals surface area contributed by atoms with Crippen LogP contribution in [0.2, 0.25) is 0 Å². The smallest absolute Gasteiger partial charge is 0.215 e. The summed E-state index contributed by atoms with van der Waals surface area (Å²) >= 11 is 0. The standard InChI is InChI=1S/C9H16N4O2S/c1-13(2)16(14,15)7-6-11-9-5-3-4-8(10)12-9/h3-5H,6-7H2,1-2H3,(H3,10,11,12). The summed E-state index contributed by atoms with van der Waals surface area (Å²) in [6, 6.07) is 5.16. The van der Waals surface area contributed by atoms with E-state index in [9.17, 15) is 8.42 Å². The van der Waals surface area contributed by atoms with Crippen LogP contribution >= 0.6 is 0 Å². The molecule has 0 aliphatic heterocycles. The van der Waals surface area contributed by atoms with Crippen molar-refractivity contribution in [2.24, 2.45) is 0 Å². The lowest BCUT2D eigenvalue weighted by Gasteiger charge is -2.11. The zero-order chi connectivity index (χ0) is 12.2. The summed E-state index contributed by atoms with van der Waals surface area (Å²) in [5, 5.41) is 2.90. The quantitative estimate of drug-likeness (QED) is 0.759. The first kappa shape index (κ1) is 12.7. The van der Waals surface area contributed by atoms with Gasteiger partial charge in [0, 0.05) is 20.6 Å². The maximum Gasteiger partial charge on any atom is 0.215 e. The fourth-order valence-electron chi connectivity index (χ4n) is 1.04. The number of hydrogen-bond donors (Lipinski definition) is 2. The molecule has 0 aromatic carbocycles. The average Bonchev–Trinajstić information content (AvgIpc) is 2.17. The van der Waals surface area contributed by atoms with E-state index < -0.39 is 10.0 Å². The fraction of sp³-hybridized carbons (Fsp3) is 0.444. The van der Waals surface area contributed by atoms with Crippen molar-refractivity contribution < 1.29 is 8.42 Å². The van der Waals surface area contributed by atoms with Crippen molar-refractivity contribution >= 4 is 21.7 Å². The van der Waals surface area contributed by atoms with E-state index in [-0.39, 0.29) is 5.75 Å². The predicted octanol–water partition coefficient (Wildman–Crippen LogP) is -0.0329. The summed E-state index contributed by atoms with van der Waals surface area (Å²) in [5.74, 6) is 1.01. The summed E-state index contributed by atoms with van der Waals surface area (Å²) in [6.07, 6.45) is 0. The molecule has 0 bridgehead atoms. The zero-order valence-electron chi connectivity index (χ0n) is 9.34. The van der Waals surface area contributed by atoms with Crippen LogP contribution in [-0.4, -0.2) is 44.1 Å². The molecular formula is C9H16N4O2S. The Morgan fingerprint density at radius 2 is 2.12 bits per heavy atom. The number of aromatic nitrogens is 1. The highest BCUT2D eigenvalue weighted by molar-refractivity contribution is 7.89. The third-order valence-corrected chi connectivity index (χ3v) is 3.83. The normalized spacial score (nSPS) is 11.7. The highest BCUT2D eigenvalue weighted by Crippen LogP contribution is 2.05. The van der Waals surface area contributed by atoms with Crippen LogP contribution in [0.15, 0.2) is 18.2 Å². The molecule has 16 heavy (non-hydrogen) atoms. The van der Waals surface area contributed by atoms with Gasteiger partial charge in [0.1, 0.15) is 11.6 Å². The molecule has 0 aliphatic rings. The van der Waals surface area contributed by atoms with Crippen molar-refractivity contribution in [3.8, 4) is 0 Å². The number of rotatable bonds is 5. The van der Waals surface area contributed by atoms with Crippen molar-refractivity contribution in [3.63, 3.8) is 0 Å². The molecule has 0 saturated heterocycles. The van der Waals surface area contributed by atoms with Gasteiger partial charge in [-0.3, -0.25) is 0 Å². The monoisotopic (exact) mass is 244 g/mol. The summed E-state index contributed by atoms with van der Waals surface area (Å²) in [5.41, 5.74) is 5.49. The van der Waals surface area contributed by atoms with E-state index >= 15 is 0 Å². The van der Waals surface area contributed by atoms with Crippen molar-refractivity contribution in [2.75, 3.05) is 37.4 Å². The van der Waals surface area contributed by atoms with Gasteiger partial charge in [-0.15, -0.1) is 0 Å². The van der Waals surface area contributed by atoms with Gasteiger partial charge >= 0.3 is 0 Å². The van der Waals surface area contributed by atoms with Crippen molar-refractivity contribution in [1.82, 2.24) is 9.29 Å². The first-order chi connectivity index (χ1) is 7.42. The molecule has 6 nitrogen and oxygen atoms in total. The Hall–Kier alpha value is -1.34. The molecule has 1 rings (SSSR count). The second kappa shape index (κ2) is 5.13. The highest BCUT2D eigenvalue weighted by atomic mass is 32.2. The maximum absolute atomic E-state index is 11.4. The summed E-state index contributed by atoms with van der Waals surface area (Å²) in [7, 11) is -0.151. The molecule has 0 aliphatic carbocycles. The van der Waals surface area contributed by atoms with Crippen LogP contribution in [0.4, 0.5) is 11.6 Å². The fourth-order valence-corrected chi connectivity index (χ4v) is 1.77. The molecule has 0 atom stereocenters. The van der Waals surface area contributed by atoms with Crippen molar-refractivity contribution in [3.05, 3.63) is 18.2 Å². The van der Waals surface area contributed by atoms with E-state index in [1.807, 2.05) is 0 Å². The molecule has 90 valence electrons. The zero-order valence-corrected chi connectivity index (χ0v) is 10.2. The van der Waals surface area contributed by atoms with E-state index in [0.29, 0.717) is 18.2 Å². The molecule has 0 fully saturated rings. The van der Waals surface area contributed by atoms with Crippen molar-refractivity contribution in [2.45, 2.75) is 0 Å². The van der Waals surface area contributed by atoms with E-state index in [1.165, 1.54) is 18.4 Å². The van der Waals surface area contributed by atoms with E-state index in [1.54, 1.807) is 18.2 Å². The van der Waals surface area contributed by atoms with E-state index in [2.05, 4.69) is 10.3 Å². The van der Waals surface area contributed by atoms with Crippen LogP contribution in [0.3, 0.4) is 0 Å². The lowest BCUT2D eigenvalue weighted by atomic mass is 10.4. The SMILES string of the molecule is CN(C)S(=O)(=O)CCNc1cccc(N)n1. The van der Waals surface area contributed by atoms with Gasteiger partial charge in [0.2, 0.25) is 10.0 Å². The van der Waals surface area contributed by atoms with Gasteiger partial charge in [-0.2, -0.15) is 0 Å². The molecule has 3 N–H and O–H groups in total. The minimum absolute atomic E-state index is 0.0243. The molecule has 0 saturated carbocycles. The largest absolute Gasteiger partial charge is 0.384 e. The Balaban J connectivity index is 2.48. The third kappa shape index (κ3) is 3.67. The predicted molar refractivity (Wildman–Crippen MR) is 64.6 cm³/mol. The Morgan fingerprint density at radius 1 is 1.44 bits per heavy atom. The first-order valence-electron chi connectivity index (χ1n) is 4.78. The molecule has 1 heterocycles. The number of anilines is 2. The van der Waals surface area contributed by atoms with Crippen LogP contribution in [0, 0.1) is 0 Å². The topological polar surface area (TPSA) is 88.3 Å². The average molecular weight is 244 g/mol. The molecule has 0 unspecified atom stereocenters. The molecule has 0 amide bonds. The second-order valence-corrected chi connectivity index (χ2v) is 5.78. The Kier molecular flexibility index (Phi) is 4.08. The molecule has 0 spiro atoms. The van der Waals surface area contributed by atoms with Crippen LogP contribution in [0.5, 0.6) is 0 Å². The molecule has 0 radical (unpaired) electrons. The van der Waals surface area contributed by atoms with Gasteiger partial charge in [-0.05, 0) is 12.1 Å². The third-order valence-electron chi connectivity index (χ3n) is 1.99. The molecule has 1 aromatic heterocycles. The number of hydrogen-bond acceptors (Lipinski definition) is 5. The minimum Gasteiger partial charge on any atom is -0.384 e. The number of nitrogens with zero attached hydrogens (tertiary/aromatic N) is 2. The maximum atomic E-state index is 11.4. The van der Waals surface area contributed by atoms with Crippen LogP contribution in [0.1, 0.15) is 0 Å². The first-order valence-corrected chi connectivity index (χ1v) is 6.39. The van der Waals surface area contributed by atoms with E-state index in [4.69, 9.17) is 5.73 Å². The van der Waals surface area contributed by atoms with Gasteiger partial charge in [0.15, 0.2) is 0 Å². The Labute approximate surface area is 95.5 Å². The van der Waals surface area contributed by atoms with Gasteiger partial charge in [0.25, 0.3) is 0 Å². The van der Waals surface area contributed by atoms with Crippen LogP contribution in [-0.2, 0) is 10.0 Å². The Bertz CT molecular complexity index is 445. The lowest BCUT2D eigenvalue weighted by Crippen LogP contribution is -2.28. The van der Waals surface area contributed by atoms with E-state index in [0.717, 1.165) is 0 Å². The summed E-state index contributed by atoms with van der Waals surface area (Å²) in [4.78, 5) is 4.00. The number of nitrogens with two attached hydrogens (primary N) is 1. The number of nitrogens with one attached hydrogen (secondary N) is 1. The summed E-state index contributed by atoms with van der Waals surface area (Å²) in [6.45, 7) is 0.303. The Morgan fingerprint density at radius 3 is 2.69 bits per heavy atom. The van der Waals surface area contributed by atoms with Gasteiger partial charge in [-0.1, -0.05) is 6.07 Å². The highest BCUT2D eigenvalue weighted by Gasteiger charge is 2.12. The minimum atomic E-state index is -3.17. The lowest BCUT2D eigenvalue weighted by molar-refractivity contribution is 0.521. The van der Waals surface area contributed by atoms with Gasteiger partial charge in [0.05, 0.1) is 5.75 Å². The van der Waals surface area contributed by atoms with Crippen LogP contribution < -0.4 is 11.1 Å². The molecular weight excluding hydrogens is 228 g/mol. The second-order valence-electron chi connectivity index (χ2n) is 3.47. The number of nitrogen functional groups attached to an aromatic ring is 1. The number of pyridine rings is 1. The van der Waals surface area contributed by atoms with Gasteiger partial charge < -0.3 is 11.1 Å².